The van der Waals surface area contributed by atoms with Crippen molar-refractivity contribution < 1.29 is 18.0 Å². The summed E-state index contributed by atoms with van der Waals surface area (Å²) in [4.78, 5) is 0. The lowest BCUT2D eigenvalue weighted by Gasteiger charge is -2.50. The maximum absolute atomic E-state index is 11.4. The molecule has 0 radical (unpaired) electrons. The smallest absolute Gasteiger partial charge is 0.161 e. The van der Waals surface area contributed by atoms with Crippen LogP contribution < -0.4 is 0 Å². The number of sulfone groups is 1. The van der Waals surface area contributed by atoms with Crippen molar-refractivity contribution >= 4 is 9.84 Å². The van der Waals surface area contributed by atoms with Crippen LogP contribution in [0, 0.1) is 5.41 Å². The molecule has 2 aliphatic heterocycles. The topological polar surface area (TPSA) is 54.4 Å². The zero-order chi connectivity index (χ0) is 12.0. The molecule has 2 heterocycles. The van der Waals surface area contributed by atoms with Crippen molar-refractivity contribution in [3.8, 4) is 0 Å². The molecule has 2 rings (SSSR count). The summed E-state index contributed by atoms with van der Waals surface area (Å²) in [5.41, 5.74) is 0.124. The summed E-state index contributed by atoms with van der Waals surface area (Å²) in [7, 11) is -2.81. The summed E-state index contributed by atoms with van der Waals surface area (Å²) >= 11 is 0. The molecule has 0 aromatic heterocycles. The molecule has 1 atom stereocenters. The summed E-state index contributed by atoms with van der Waals surface area (Å²) in [5, 5.41) is 9.93. The minimum atomic E-state index is -2.81. The standard InChI is InChI=1S/C11H22NO3S/c1-11(2)7-10(13)8-12(9-11)3-5-16(14,15)6-4-12/h10,13H,3-9H2,1-2H3/q+1. The largest absolute Gasteiger partial charge is 0.387 e. The monoisotopic (exact) mass is 248 g/mol. The number of quaternary nitrogens is 1. The molecule has 1 unspecified atom stereocenters. The molecule has 2 aliphatic rings. The number of hydrogen-bond donors (Lipinski definition) is 1. The molecular weight excluding hydrogens is 226 g/mol. The molecule has 16 heavy (non-hydrogen) atoms. The van der Waals surface area contributed by atoms with Gasteiger partial charge in [0.25, 0.3) is 0 Å². The zero-order valence-corrected chi connectivity index (χ0v) is 11.0. The molecule has 0 amide bonds. The van der Waals surface area contributed by atoms with Crippen LogP contribution in [0.15, 0.2) is 0 Å². The number of piperidine rings is 1. The molecule has 2 saturated heterocycles. The van der Waals surface area contributed by atoms with Gasteiger partial charge in [-0.2, -0.15) is 0 Å². The second kappa shape index (κ2) is 3.68. The second-order valence-corrected chi connectivity index (χ2v) is 8.61. The third kappa shape index (κ3) is 2.57. The van der Waals surface area contributed by atoms with Crippen molar-refractivity contribution in [3.05, 3.63) is 0 Å². The van der Waals surface area contributed by atoms with Gasteiger partial charge in [0.05, 0.1) is 31.1 Å². The van der Waals surface area contributed by atoms with Crippen molar-refractivity contribution in [2.24, 2.45) is 5.41 Å². The molecule has 5 heteroatoms. The lowest BCUT2D eigenvalue weighted by molar-refractivity contribution is -0.939. The van der Waals surface area contributed by atoms with E-state index in [4.69, 9.17) is 0 Å². The zero-order valence-electron chi connectivity index (χ0n) is 10.1. The van der Waals surface area contributed by atoms with Gasteiger partial charge < -0.3 is 9.59 Å². The van der Waals surface area contributed by atoms with Gasteiger partial charge in [0.2, 0.25) is 0 Å². The van der Waals surface area contributed by atoms with Gasteiger partial charge in [-0.3, -0.25) is 0 Å². The minimum Gasteiger partial charge on any atom is -0.387 e. The minimum absolute atomic E-state index is 0.124. The van der Waals surface area contributed by atoms with Gasteiger partial charge in [-0.25, -0.2) is 8.42 Å². The van der Waals surface area contributed by atoms with Crippen LogP contribution >= 0.6 is 0 Å². The Balaban J connectivity index is 2.14. The second-order valence-electron chi connectivity index (χ2n) is 6.30. The third-order valence-electron chi connectivity index (χ3n) is 3.90. The molecule has 0 bridgehead atoms. The Labute approximate surface area is 97.8 Å². The van der Waals surface area contributed by atoms with E-state index in [1.807, 2.05) is 0 Å². The van der Waals surface area contributed by atoms with E-state index in [1.54, 1.807) is 0 Å². The molecule has 4 nitrogen and oxygen atoms in total. The van der Waals surface area contributed by atoms with Crippen LogP contribution in [0.1, 0.15) is 20.3 Å². The lowest BCUT2D eigenvalue weighted by atomic mass is 9.81. The van der Waals surface area contributed by atoms with Gasteiger partial charge in [-0.15, -0.1) is 0 Å². The average Bonchev–Trinajstić information content (AvgIpc) is 2.08. The van der Waals surface area contributed by atoms with Gasteiger partial charge in [0.15, 0.2) is 9.84 Å². The Morgan fingerprint density at radius 1 is 1.25 bits per heavy atom. The summed E-state index contributed by atoms with van der Waals surface area (Å²) in [6.45, 7) is 7.43. The van der Waals surface area contributed by atoms with Crippen molar-refractivity contribution in [1.82, 2.24) is 0 Å². The van der Waals surface area contributed by atoms with Crippen LogP contribution in [0.2, 0.25) is 0 Å². The fourth-order valence-corrected chi connectivity index (χ4v) is 4.94. The summed E-state index contributed by atoms with van der Waals surface area (Å²) in [6.07, 6.45) is 0.560. The molecular formula is C11H22NO3S+. The first kappa shape index (κ1) is 12.3. The van der Waals surface area contributed by atoms with Crippen LogP contribution in [0.25, 0.3) is 0 Å². The van der Waals surface area contributed by atoms with Crippen LogP contribution in [0.3, 0.4) is 0 Å². The predicted molar refractivity (Wildman–Crippen MR) is 62.8 cm³/mol. The van der Waals surface area contributed by atoms with E-state index in [2.05, 4.69) is 13.8 Å². The van der Waals surface area contributed by atoms with Crippen LogP contribution in [0.5, 0.6) is 0 Å². The molecule has 1 spiro atoms. The normalized spacial score (nSPS) is 36.1. The Morgan fingerprint density at radius 3 is 2.31 bits per heavy atom. The van der Waals surface area contributed by atoms with Crippen molar-refractivity contribution in [2.45, 2.75) is 26.4 Å². The Kier molecular flexibility index (Phi) is 2.84. The average molecular weight is 248 g/mol. The first-order valence-corrected chi connectivity index (χ1v) is 7.78. The molecule has 94 valence electrons. The molecule has 0 aromatic rings. The lowest BCUT2D eigenvalue weighted by Crippen LogP contribution is -2.65. The Bertz CT molecular complexity index is 361. The van der Waals surface area contributed by atoms with Crippen LogP contribution in [-0.4, -0.2) is 61.8 Å². The summed E-state index contributed by atoms with van der Waals surface area (Å²) in [5.74, 6) is 0.575. The Morgan fingerprint density at radius 2 is 1.81 bits per heavy atom. The quantitative estimate of drug-likeness (QED) is 0.615. The number of hydrogen-bond acceptors (Lipinski definition) is 3. The summed E-state index contributed by atoms with van der Waals surface area (Å²) in [6, 6.07) is 0. The number of aliphatic hydroxyl groups is 1. The van der Waals surface area contributed by atoms with E-state index in [-0.39, 0.29) is 23.0 Å². The van der Waals surface area contributed by atoms with Crippen molar-refractivity contribution in [3.63, 3.8) is 0 Å². The van der Waals surface area contributed by atoms with Crippen LogP contribution in [-0.2, 0) is 9.84 Å². The number of aliphatic hydroxyl groups excluding tert-OH is 1. The van der Waals surface area contributed by atoms with Gasteiger partial charge in [-0.1, -0.05) is 13.8 Å². The van der Waals surface area contributed by atoms with E-state index in [0.717, 1.165) is 24.0 Å². The maximum Gasteiger partial charge on any atom is 0.161 e. The van der Waals surface area contributed by atoms with Gasteiger partial charge in [0, 0.05) is 5.41 Å². The highest BCUT2D eigenvalue weighted by atomic mass is 32.2. The fraction of sp³-hybridized carbons (Fsp3) is 1.00. The van der Waals surface area contributed by atoms with Crippen molar-refractivity contribution in [2.75, 3.05) is 37.7 Å². The third-order valence-corrected chi connectivity index (χ3v) is 5.51. The molecule has 2 fully saturated rings. The van der Waals surface area contributed by atoms with E-state index < -0.39 is 9.84 Å². The highest BCUT2D eigenvalue weighted by molar-refractivity contribution is 7.91. The molecule has 0 aromatic carbocycles. The highest BCUT2D eigenvalue weighted by Gasteiger charge is 2.46. The molecule has 0 aliphatic carbocycles. The van der Waals surface area contributed by atoms with E-state index >= 15 is 0 Å². The maximum atomic E-state index is 11.4. The van der Waals surface area contributed by atoms with Gasteiger partial charge in [-0.05, 0) is 6.42 Å². The van der Waals surface area contributed by atoms with Crippen LogP contribution in [0.4, 0.5) is 0 Å². The number of nitrogens with zero attached hydrogens (tertiary/aromatic N) is 1. The molecule has 1 N–H and O–H groups in total. The van der Waals surface area contributed by atoms with E-state index in [9.17, 15) is 13.5 Å². The number of rotatable bonds is 0. The SMILES string of the molecule is CC1(C)CC(O)C[N+]2(CCS(=O)(=O)CC2)C1. The molecule has 0 saturated carbocycles. The summed E-state index contributed by atoms with van der Waals surface area (Å²) < 4.78 is 23.7. The van der Waals surface area contributed by atoms with E-state index in [1.165, 1.54) is 0 Å². The van der Waals surface area contributed by atoms with Gasteiger partial charge >= 0.3 is 0 Å². The Hall–Kier alpha value is -0.130. The first-order chi connectivity index (χ1) is 7.22. The highest BCUT2D eigenvalue weighted by Crippen LogP contribution is 2.34. The van der Waals surface area contributed by atoms with E-state index in [0.29, 0.717) is 13.1 Å². The predicted octanol–water partition coefficient (Wildman–Crippen LogP) is 0.0224. The fourth-order valence-electron chi connectivity index (χ4n) is 3.41. The first-order valence-electron chi connectivity index (χ1n) is 5.96. The van der Waals surface area contributed by atoms with Gasteiger partial charge in [0.1, 0.15) is 12.6 Å². The van der Waals surface area contributed by atoms with Crippen molar-refractivity contribution in [1.29, 1.82) is 0 Å².